The zero-order chi connectivity index (χ0) is 27.8. The van der Waals surface area contributed by atoms with Crippen molar-refractivity contribution < 1.29 is 27.8 Å². The van der Waals surface area contributed by atoms with Crippen LogP contribution in [-0.4, -0.2) is 20.2 Å². The first kappa shape index (κ1) is 25.0. The lowest BCUT2D eigenvalue weighted by molar-refractivity contribution is 0.0737. The number of carbonyl (C=O) groups excluding carboxylic acids is 1. The van der Waals surface area contributed by atoms with Gasteiger partial charge in [-0.3, -0.25) is 0 Å². The molecule has 0 radical (unpaired) electrons. The highest BCUT2D eigenvalue weighted by molar-refractivity contribution is 6.10. The maximum Gasteiger partial charge on any atom is 0.348 e. The lowest BCUT2D eigenvalue weighted by Crippen LogP contribution is -2.10. The quantitative estimate of drug-likeness (QED) is 0.125. The zero-order valence-electron chi connectivity index (χ0n) is 22.0. The standard InChI is InChI=1S/C33H24O7/c1-19-25-15-13-24(18-28(25)40-32(34)29(19)20-9-11-22(36-2)12-10-20)38-33(35)30-26-17-23(37-3)14-16-27(26)39-31(30)21-7-5-4-6-8-21/h4-18H,1-3H3. The molecule has 0 aliphatic heterocycles. The second-order valence-electron chi connectivity index (χ2n) is 9.20. The van der Waals surface area contributed by atoms with E-state index in [2.05, 4.69) is 0 Å². The van der Waals surface area contributed by atoms with Crippen molar-refractivity contribution in [1.29, 1.82) is 0 Å². The van der Waals surface area contributed by atoms with Crippen LogP contribution in [-0.2, 0) is 0 Å². The summed E-state index contributed by atoms with van der Waals surface area (Å²) >= 11 is 0. The van der Waals surface area contributed by atoms with Crippen molar-refractivity contribution in [3.05, 3.63) is 113 Å². The summed E-state index contributed by atoms with van der Waals surface area (Å²) in [4.78, 5) is 26.6. The molecule has 0 fully saturated rings. The number of fused-ring (bicyclic) bond motifs is 2. The van der Waals surface area contributed by atoms with Crippen molar-refractivity contribution in [2.24, 2.45) is 0 Å². The van der Waals surface area contributed by atoms with Gasteiger partial charge in [-0.2, -0.15) is 0 Å². The number of furan rings is 1. The molecule has 4 aromatic carbocycles. The highest BCUT2D eigenvalue weighted by Crippen LogP contribution is 2.37. The minimum absolute atomic E-state index is 0.230. The van der Waals surface area contributed by atoms with Crippen molar-refractivity contribution in [3.63, 3.8) is 0 Å². The van der Waals surface area contributed by atoms with E-state index < -0.39 is 11.6 Å². The molecule has 2 aromatic heterocycles. The van der Waals surface area contributed by atoms with Gasteiger partial charge in [0.05, 0.1) is 19.8 Å². The van der Waals surface area contributed by atoms with Crippen molar-refractivity contribution in [1.82, 2.24) is 0 Å². The number of carbonyl (C=O) groups is 1. The van der Waals surface area contributed by atoms with E-state index in [-0.39, 0.29) is 11.3 Å². The topological polar surface area (TPSA) is 88.1 Å². The highest BCUT2D eigenvalue weighted by atomic mass is 16.5. The lowest BCUT2D eigenvalue weighted by atomic mass is 9.99. The Hall–Kier alpha value is -5.30. The van der Waals surface area contributed by atoms with Gasteiger partial charge in [-0.15, -0.1) is 0 Å². The molecule has 6 aromatic rings. The number of methoxy groups -OCH3 is 2. The Labute approximate surface area is 229 Å². The van der Waals surface area contributed by atoms with Gasteiger partial charge in [0.1, 0.15) is 39.7 Å². The van der Waals surface area contributed by atoms with Crippen LogP contribution >= 0.6 is 0 Å². The monoisotopic (exact) mass is 532 g/mol. The van der Waals surface area contributed by atoms with Gasteiger partial charge in [0.25, 0.3) is 0 Å². The molecule has 0 bridgehead atoms. The van der Waals surface area contributed by atoms with E-state index >= 15 is 0 Å². The van der Waals surface area contributed by atoms with Gasteiger partial charge >= 0.3 is 11.6 Å². The average Bonchev–Trinajstić information content (AvgIpc) is 3.37. The molecule has 0 amide bonds. The summed E-state index contributed by atoms with van der Waals surface area (Å²) in [6, 6.07) is 26.8. The fourth-order valence-electron chi connectivity index (χ4n) is 4.85. The van der Waals surface area contributed by atoms with Gasteiger partial charge in [0.15, 0.2) is 0 Å². The normalized spacial score (nSPS) is 11.1. The number of rotatable bonds is 6. The molecule has 2 heterocycles. The molecule has 40 heavy (non-hydrogen) atoms. The highest BCUT2D eigenvalue weighted by Gasteiger charge is 2.25. The summed E-state index contributed by atoms with van der Waals surface area (Å²) in [5.41, 5.74) is 3.30. The molecule has 0 spiro atoms. The third kappa shape index (κ3) is 4.37. The first-order chi connectivity index (χ1) is 19.5. The molecule has 7 heteroatoms. The molecular formula is C33H24O7. The smallest absolute Gasteiger partial charge is 0.348 e. The number of aryl methyl sites for hydroxylation is 1. The maximum atomic E-state index is 13.6. The molecule has 0 saturated carbocycles. The van der Waals surface area contributed by atoms with Crippen LogP contribution < -0.4 is 19.8 Å². The van der Waals surface area contributed by atoms with E-state index in [1.807, 2.05) is 49.4 Å². The number of ether oxygens (including phenoxy) is 3. The summed E-state index contributed by atoms with van der Waals surface area (Å²) in [5.74, 6) is 1.28. The van der Waals surface area contributed by atoms with Crippen molar-refractivity contribution in [3.8, 4) is 39.7 Å². The van der Waals surface area contributed by atoms with Crippen LogP contribution in [0.4, 0.5) is 0 Å². The van der Waals surface area contributed by atoms with Crippen LogP contribution in [0.5, 0.6) is 17.2 Å². The number of hydrogen-bond donors (Lipinski definition) is 0. The summed E-state index contributed by atoms with van der Waals surface area (Å²) in [6.45, 7) is 1.86. The Bertz CT molecular complexity index is 1930. The van der Waals surface area contributed by atoms with Crippen LogP contribution in [0.1, 0.15) is 15.9 Å². The minimum atomic E-state index is -0.612. The van der Waals surface area contributed by atoms with Crippen LogP contribution in [0.3, 0.4) is 0 Å². The molecule has 0 aliphatic rings. The largest absolute Gasteiger partial charge is 0.497 e. The van der Waals surface area contributed by atoms with E-state index in [0.29, 0.717) is 39.4 Å². The molecule has 0 N–H and O–H groups in total. The Kier molecular flexibility index (Phi) is 6.32. The van der Waals surface area contributed by atoms with Gasteiger partial charge in [-0.25, -0.2) is 9.59 Å². The Balaban J connectivity index is 1.40. The second kappa shape index (κ2) is 10.1. The number of benzene rings is 4. The SMILES string of the molecule is COc1ccc(-c2c(C)c3ccc(OC(=O)c4c(-c5ccccc5)oc5ccc(OC)cc45)cc3oc2=O)cc1. The van der Waals surface area contributed by atoms with E-state index in [4.69, 9.17) is 23.0 Å². The molecule has 0 aliphatic carbocycles. The third-order valence-corrected chi connectivity index (χ3v) is 6.86. The van der Waals surface area contributed by atoms with Crippen molar-refractivity contribution >= 4 is 27.9 Å². The Morgan fingerprint density at radius 2 is 1.38 bits per heavy atom. The summed E-state index contributed by atoms with van der Waals surface area (Å²) in [5, 5.41) is 1.30. The maximum absolute atomic E-state index is 13.6. The molecular weight excluding hydrogens is 508 g/mol. The second-order valence-corrected chi connectivity index (χ2v) is 9.20. The molecule has 0 atom stereocenters. The summed E-state index contributed by atoms with van der Waals surface area (Å²) in [7, 11) is 3.14. The van der Waals surface area contributed by atoms with E-state index in [0.717, 1.165) is 22.1 Å². The fraction of sp³-hybridized carbons (Fsp3) is 0.0909. The summed E-state index contributed by atoms with van der Waals surface area (Å²) < 4.78 is 28.2. The number of hydrogen-bond acceptors (Lipinski definition) is 7. The van der Waals surface area contributed by atoms with Crippen LogP contribution in [0.2, 0.25) is 0 Å². The van der Waals surface area contributed by atoms with Gasteiger partial charge in [-0.1, -0.05) is 42.5 Å². The van der Waals surface area contributed by atoms with Crippen LogP contribution in [0.25, 0.3) is 44.4 Å². The predicted molar refractivity (Wildman–Crippen MR) is 152 cm³/mol. The fourth-order valence-corrected chi connectivity index (χ4v) is 4.85. The number of esters is 1. The van der Waals surface area contributed by atoms with E-state index in [1.165, 1.54) is 0 Å². The Morgan fingerprint density at radius 3 is 2.10 bits per heavy atom. The zero-order valence-corrected chi connectivity index (χ0v) is 22.0. The lowest BCUT2D eigenvalue weighted by Gasteiger charge is -2.10. The third-order valence-electron chi connectivity index (χ3n) is 6.86. The first-order valence-electron chi connectivity index (χ1n) is 12.6. The van der Waals surface area contributed by atoms with Gasteiger partial charge in [0.2, 0.25) is 0 Å². The van der Waals surface area contributed by atoms with Crippen molar-refractivity contribution in [2.45, 2.75) is 6.92 Å². The van der Waals surface area contributed by atoms with Crippen LogP contribution in [0, 0.1) is 6.92 Å². The Morgan fingerprint density at radius 1 is 0.675 bits per heavy atom. The van der Waals surface area contributed by atoms with Crippen LogP contribution in [0.15, 0.2) is 105 Å². The molecule has 0 unspecified atom stereocenters. The molecule has 198 valence electrons. The van der Waals surface area contributed by atoms with Gasteiger partial charge < -0.3 is 23.0 Å². The predicted octanol–water partition coefficient (Wildman–Crippen LogP) is 7.42. The molecule has 7 nitrogen and oxygen atoms in total. The summed E-state index contributed by atoms with van der Waals surface area (Å²) in [6.07, 6.45) is 0. The van der Waals surface area contributed by atoms with E-state index in [1.54, 1.807) is 62.8 Å². The molecule has 0 saturated heterocycles. The van der Waals surface area contributed by atoms with Gasteiger partial charge in [0, 0.05) is 22.4 Å². The first-order valence-corrected chi connectivity index (χ1v) is 12.6. The minimum Gasteiger partial charge on any atom is -0.497 e. The van der Waals surface area contributed by atoms with E-state index in [9.17, 15) is 9.59 Å². The van der Waals surface area contributed by atoms with Crippen molar-refractivity contribution in [2.75, 3.05) is 14.2 Å². The van der Waals surface area contributed by atoms with Gasteiger partial charge in [-0.05, 0) is 60.5 Å². The average molecular weight is 533 g/mol. The molecule has 6 rings (SSSR count).